The van der Waals surface area contributed by atoms with E-state index in [-0.39, 0.29) is 11.0 Å². The number of methoxy groups -OCH3 is 2. The molecule has 0 aliphatic carbocycles. The van der Waals surface area contributed by atoms with E-state index in [0.29, 0.717) is 11.3 Å². The Hall–Kier alpha value is -1.53. The lowest BCUT2D eigenvalue weighted by atomic mass is 9.78. The van der Waals surface area contributed by atoms with Gasteiger partial charge in [0.1, 0.15) is 5.75 Å². The molecule has 0 saturated heterocycles. The van der Waals surface area contributed by atoms with Gasteiger partial charge in [0.2, 0.25) is 0 Å². The average molecular weight is 224 g/mol. The van der Waals surface area contributed by atoms with Crippen molar-refractivity contribution in [1.82, 2.24) is 0 Å². The first-order valence-electron chi connectivity index (χ1n) is 4.64. The van der Waals surface area contributed by atoms with Gasteiger partial charge in [-0.05, 0) is 24.5 Å². The molecular weight excluding hydrogens is 211 g/mol. The molecular formula is C10H13BO5. The molecule has 16 heavy (non-hydrogen) atoms. The molecule has 0 saturated carbocycles. The summed E-state index contributed by atoms with van der Waals surface area (Å²) in [4.78, 5) is 11.4. The Bertz CT molecular complexity index is 402. The van der Waals surface area contributed by atoms with E-state index in [1.54, 1.807) is 6.92 Å². The smallest absolute Gasteiger partial charge is 0.488 e. The predicted octanol–water partition coefficient (Wildman–Crippen LogP) is -0.530. The van der Waals surface area contributed by atoms with E-state index in [4.69, 9.17) is 14.8 Å². The van der Waals surface area contributed by atoms with Crippen LogP contribution in [-0.4, -0.2) is 37.4 Å². The molecule has 0 radical (unpaired) electrons. The third-order valence-electron chi connectivity index (χ3n) is 2.31. The van der Waals surface area contributed by atoms with Crippen LogP contribution < -0.4 is 10.2 Å². The summed E-state index contributed by atoms with van der Waals surface area (Å²) in [6, 6.07) is 2.83. The van der Waals surface area contributed by atoms with Gasteiger partial charge in [0, 0.05) is 5.56 Å². The van der Waals surface area contributed by atoms with Crippen LogP contribution in [0.4, 0.5) is 0 Å². The molecule has 0 aromatic heterocycles. The average Bonchev–Trinajstić information content (AvgIpc) is 2.28. The molecule has 2 N–H and O–H groups in total. The molecule has 0 unspecified atom stereocenters. The third kappa shape index (κ3) is 2.34. The van der Waals surface area contributed by atoms with E-state index in [1.165, 1.54) is 26.4 Å². The van der Waals surface area contributed by atoms with Crippen LogP contribution in [0.5, 0.6) is 5.75 Å². The predicted molar refractivity (Wildman–Crippen MR) is 58.9 cm³/mol. The Balaban J connectivity index is 3.35. The van der Waals surface area contributed by atoms with Crippen molar-refractivity contribution < 1.29 is 24.3 Å². The number of rotatable bonds is 3. The standard InChI is InChI=1S/C10H13BO5/c1-6-8(10(12)16-3)4-7(11(13)14)5-9(6)15-2/h4-5,13-14H,1-3H3. The Morgan fingerprint density at radius 3 is 2.38 bits per heavy atom. The Kier molecular flexibility index (Phi) is 3.92. The molecule has 0 amide bonds. The van der Waals surface area contributed by atoms with E-state index in [0.717, 1.165) is 0 Å². The topological polar surface area (TPSA) is 76.0 Å². The van der Waals surface area contributed by atoms with Crippen LogP contribution in [0.2, 0.25) is 0 Å². The summed E-state index contributed by atoms with van der Waals surface area (Å²) < 4.78 is 9.63. The summed E-state index contributed by atoms with van der Waals surface area (Å²) in [5.74, 6) is -0.135. The molecule has 0 heterocycles. The van der Waals surface area contributed by atoms with Gasteiger partial charge in [-0.2, -0.15) is 0 Å². The lowest BCUT2D eigenvalue weighted by Gasteiger charge is -2.11. The molecule has 1 rings (SSSR count). The largest absolute Gasteiger partial charge is 0.496 e. The maximum Gasteiger partial charge on any atom is 0.488 e. The molecule has 1 aromatic rings. The fourth-order valence-corrected chi connectivity index (χ4v) is 1.39. The Morgan fingerprint density at radius 2 is 1.94 bits per heavy atom. The van der Waals surface area contributed by atoms with Crippen molar-refractivity contribution in [3.05, 3.63) is 23.3 Å². The zero-order valence-electron chi connectivity index (χ0n) is 9.35. The van der Waals surface area contributed by atoms with Gasteiger partial charge in [-0.15, -0.1) is 0 Å². The van der Waals surface area contributed by atoms with Crippen molar-refractivity contribution in [2.24, 2.45) is 0 Å². The molecule has 6 heteroatoms. The van der Waals surface area contributed by atoms with Crippen LogP contribution in [0.25, 0.3) is 0 Å². The highest BCUT2D eigenvalue weighted by atomic mass is 16.5. The molecule has 0 atom stereocenters. The minimum absolute atomic E-state index is 0.183. The summed E-state index contributed by atoms with van der Waals surface area (Å²) in [6.07, 6.45) is 0. The first-order chi connectivity index (χ1) is 7.51. The van der Waals surface area contributed by atoms with Crippen LogP contribution in [0, 0.1) is 6.92 Å². The fourth-order valence-electron chi connectivity index (χ4n) is 1.39. The summed E-state index contributed by atoms with van der Waals surface area (Å²) in [5.41, 5.74) is 1.03. The van der Waals surface area contributed by atoms with E-state index >= 15 is 0 Å². The van der Waals surface area contributed by atoms with Crippen molar-refractivity contribution in [3.63, 3.8) is 0 Å². The first-order valence-corrected chi connectivity index (χ1v) is 4.64. The van der Waals surface area contributed by atoms with E-state index in [2.05, 4.69) is 4.74 Å². The quantitative estimate of drug-likeness (QED) is 0.533. The molecule has 0 fully saturated rings. The highest BCUT2D eigenvalue weighted by Crippen LogP contribution is 2.20. The van der Waals surface area contributed by atoms with E-state index in [1.807, 2.05) is 0 Å². The Labute approximate surface area is 93.8 Å². The minimum Gasteiger partial charge on any atom is -0.496 e. The van der Waals surface area contributed by atoms with Crippen molar-refractivity contribution >= 4 is 18.6 Å². The molecule has 1 aromatic carbocycles. The van der Waals surface area contributed by atoms with Gasteiger partial charge >= 0.3 is 13.1 Å². The van der Waals surface area contributed by atoms with Gasteiger partial charge < -0.3 is 19.5 Å². The third-order valence-corrected chi connectivity index (χ3v) is 2.31. The van der Waals surface area contributed by atoms with Gasteiger partial charge in [0.05, 0.1) is 19.8 Å². The number of carbonyl (C=O) groups excluding carboxylic acids is 1. The lowest BCUT2D eigenvalue weighted by Crippen LogP contribution is -2.31. The zero-order chi connectivity index (χ0) is 12.3. The van der Waals surface area contributed by atoms with Crippen molar-refractivity contribution in [1.29, 1.82) is 0 Å². The summed E-state index contributed by atoms with van der Waals surface area (Å²) in [6.45, 7) is 1.69. The monoisotopic (exact) mass is 224 g/mol. The molecule has 86 valence electrons. The molecule has 0 bridgehead atoms. The van der Waals surface area contributed by atoms with Gasteiger partial charge in [0.15, 0.2) is 0 Å². The number of hydrogen-bond donors (Lipinski definition) is 2. The SMILES string of the molecule is COC(=O)c1cc(B(O)O)cc(OC)c1C. The van der Waals surface area contributed by atoms with Crippen molar-refractivity contribution in [2.75, 3.05) is 14.2 Å². The van der Waals surface area contributed by atoms with E-state index in [9.17, 15) is 4.79 Å². The number of ether oxygens (including phenoxy) is 2. The summed E-state index contributed by atoms with van der Waals surface area (Å²) in [7, 11) is 1.05. The second-order valence-corrected chi connectivity index (χ2v) is 3.26. The molecule has 0 spiro atoms. The highest BCUT2D eigenvalue weighted by molar-refractivity contribution is 6.58. The number of esters is 1. The normalized spacial score (nSPS) is 9.81. The van der Waals surface area contributed by atoms with Crippen LogP contribution in [0.1, 0.15) is 15.9 Å². The van der Waals surface area contributed by atoms with Crippen molar-refractivity contribution in [2.45, 2.75) is 6.92 Å². The number of carbonyl (C=O) groups is 1. The number of hydrogen-bond acceptors (Lipinski definition) is 5. The van der Waals surface area contributed by atoms with E-state index < -0.39 is 13.1 Å². The molecule has 5 nitrogen and oxygen atoms in total. The summed E-state index contributed by atoms with van der Waals surface area (Å²) >= 11 is 0. The maximum absolute atomic E-state index is 11.4. The summed E-state index contributed by atoms with van der Waals surface area (Å²) in [5, 5.41) is 18.1. The maximum atomic E-state index is 11.4. The van der Waals surface area contributed by atoms with Gasteiger partial charge in [-0.1, -0.05) is 0 Å². The highest BCUT2D eigenvalue weighted by Gasteiger charge is 2.19. The lowest BCUT2D eigenvalue weighted by molar-refractivity contribution is 0.0599. The Morgan fingerprint density at radius 1 is 1.31 bits per heavy atom. The van der Waals surface area contributed by atoms with Gasteiger partial charge in [0.25, 0.3) is 0 Å². The fraction of sp³-hybridized carbons (Fsp3) is 0.300. The second-order valence-electron chi connectivity index (χ2n) is 3.26. The van der Waals surface area contributed by atoms with Gasteiger partial charge in [-0.25, -0.2) is 4.79 Å². The minimum atomic E-state index is -1.65. The van der Waals surface area contributed by atoms with Crippen molar-refractivity contribution in [3.8, 4) is 5.75 Å². The van der Waals surface area contributed by atoms with Crippen LogP contribution in [-0.2, 0) is 4.74 Å². The molecule has 0 aliphatic rings. The van der Waals surface area contributed by atoms with Crippen LogP contribution in [0.15, 0.2) is 12.1 Å². The van der Waals surface area contributed by atoms with Crippen LogP contribution in [0.3, 0.4) is 0 Å². The van der Waals surface area contributed by atoms with Crippen LogP contribution >= 0.6 is 0 Å². The first kappa shape index (κ1) is 12.5. The molecule has 0 aliphatic heterocycles. The second kappa shape index (κ2) is 5.00. The zero-order valence-corrected chi connectivity index (χ0v) is 9.35. The number of benzene rings is 1. The van der Waals surface area contributed by atoms with Gasteiger partial charge in [-0.3, -0.25) is 0 Å².